The van der Waals surface area contributed by atoms with Crippen molar-refractivity contribution >= 4 is 0 Å². The smallest absolute Gasteiger partial charge is 0.0928 e. The normalized spacial score (nSPS) is 32.4. The second-order valence-corrected chi connectivity index (χ2v) is 8.21. The highest BCUT2D eigenvalue weighted by Crippen LogP contribution is 2.42. The van der Waals surface area contributed by atoms with E-state index < -0.39 is 0 Å². The zero-order valence-corrected chi connectivity index (χ0v) is 15.4. The average molecular weight is 323 g/mol. The van der Waals surface area contributed by atoms with Crippen LogP contribution in [0.15, 0.2) is 12.2 Å². The molecule has 0 aromatic heterocycles. The van der Waals surface area contributed by atoms with Gasteiger partial charge in [-0.2, -0.15) is 0 Å². The Hall–Kier alpha value is -0.330. The van der Waals surface area contributed by atoms with Crippen LogP contribution >= 0.6 is 0 Å². The van der Waals surface area contributed by atoms with Gasteiger partial charge < -0.3 is 0 Å². The van der Waals surface area contributed by atoms with E-state index >= 15 is 0 Å². The van der Waals surface area contributed by atoms with Crippen LogP contribution in [-0.4, -0.2) is 6.67 Å². The van der Waals surface area contributed by atoms with Crippen molar-refractivity contribution in [3.8, 4) is 0 Å². The minimum atomic E-state index is -0.201. The molecule has 0 radical (unpaired) electrons. The molecule has 0 unspecified atom stereocenters. The standard InChI is InChI=1S/C22H39F/c1-2-3-4-5-8-19-10-14-21(15-11-19)22-16-12-20(13-17-22)9-6-7-18-23/h6,9,19-22H,2-5,7-8,10-18H2,1H3/b9-6+/t19-,20?,21-,22?. The molecule has 2 fully saturated rings. The molecular weight excluding hydrogens is 283 g/mol. The van der Waals surface area contributed by atoms with E-state index in [1.54, 1.807) is 0 Å². The number of hydrogen-bond donors (Lipinski definition) is 0. The van der Waals surface area contributed by atoms with E-state index in [0.717, 1.165) is 23.7 Å². The van der Waals surface area contributed by atoms with Crippen molar-refractivity contribution < 1.29 is 4.39 Å². The summed E-state index contributed by atoms with van der Waals surface area (Å²) in [7, 11) is 0. The van der Waals surface area contributed by atoms with Gasteiger partial charge in [-0.15, -0.1) is 0 Å². The van der Waals surface area contributed by atoms with E-state index in [4.69, 9.17) is 0 Å². The molecule has 0 amide bonds. The van der Waals surface area contributed by atoms with Crippen LogP contribution in [-0.2, 0) is 0 Å². The van der Waals surface area contributed by atoms with Gasteiger partial charge in [0.05, 0.1) is 6.67 Å². The second kappa shape index (κ2) is 11.3. The van der Waals surface area contributed by atoms with Gasteiger partial charge >= 0.3 is 0 Å². The van der Waals surface area contributed by atoms with E-state index in [1.165, 1.54) is 83.5 Å². The van der Waals surface area contributed by atoms with Crippen molar-refractivity contribution in [3.63, 3.8) is 0 Å². The lowest BCUT2D eigenvalue weighted by molar-refractivity contribution is 0.151. The van der Waals surface area contributed by atoms with Crippen LogP contribution in [0.1, 0.15) is 96.8 Å². The lowest BCUT2D eigenvalue weighted by Crippen LogP contribution is -2.25. The quantitative estimate of drug-likeness (QED) is 0.305. The Morgan fingerprint density at radius 1 is 0.826 bits per heavy atom. The Bertz CT molecular complexity index is 306. The monoisotopic (exact) mass is 322 g/mol. The molecule has 0 heterocycles. The molecule has 0 saturated heterocycles. The summed E-state index contributed by atoms with van der Waals surface area (Å²) in [6.07, 6.45) is 23.8. The molecule has 2 aliphatic carbocycles. The average Bonchev–Trinajstić information content (AvgIpc) is 2.60. The van der Waals surface area contributed by atoms with E-state index in [0.29, 0.717) is 6.42 Å². The van der Waals surface area contributed by atoms with Crippen molar-refractivity contribution in [1.82, 2.24) is 0 Å². The summed E-state index contributed by atoms with van der Waals surface area (Å²) in [6, 6.07) is 0. The van der Waals surface area contributed by atoms with E-state index in [2.05, 4.69) is 19.1 Å². The third-order valence-corrected chi connectivity index (χ3v) is 6.52. The zero-order valence-electron chi connectivity index (χ0n) is 15.4. The van der Waals surface area contributed by atoms with Gasteiger partial charge in [0.1, 0.15) is 0 Å². The van der Waals surface area contributed by atoms with Gasteiger partial charge in [0.2, 0.25) is 0 Å². The Morgan fingerprint density at radius 3 is 2.09 bits per heavy atom. The van der Waals surface area contributed by atoms with Crippen molar-refractivity contribution in [2.45, 2.75) is 96.8 Å². The first kappa shape index (κ1) is 19.0. The van der Waals surface area contributed by atoms with Crippen molar-refractivity contribution in [2.75, 3.05) is 6.67 Å². The molecule has 0 N–H and O–H groups in total. The Balaban J connectivity index is 1.59. The van der Waals surface area contributed by atoms with Crippen LogP contribution in [0.3, 0.4) is 0 Å². The summed E-state index contributed by atoms with van der Waals surface area (Å²) < 4.78 is 12.1. The fraction of sp³-hybridized carbons (Fsp3) is 0.909. The summed E-state index contributed by atoms with van der Waals surface area (Å²) in [4.78, 5) is 0. The molecule has 2 rings (SSSR count). The van der Waals surface area contributed by atoms with E-state index in [9.17, 15) is 4.39 Å². The molecule has 2 aliphatic rings. The number of halogens is 1. The Labute approximate surface area is 144 Å². The minimum Gasteiger partial charge on any atom is -0.251 e. The largest absolute Gasteiger partial charge is 0.251 e. The number of hydrogen-bond acceptors (Lipinski definition) is 0. The minimum absolute atomic E-state index is 0.201. The van der Waals surface area contributed by atoms with Gasteiger partial charge in [-0.1, -0.05) is 64.0 Å². The van der Waals surface area contributed by atoms with Crippen LogP contribution in [0.25, 0.3) is 0 Å². The first-order chi connectivity index (χ1) is 11.3. The van der Waals surface area contributed by atoms with Crippen LogP contribution < -0.4 is 0 Å². The molecule has 0 aromatic rings. The van der Waals surface area contributed by atoms with Crippen molar-refractivity contribution in [3.05, 3.63) is 12.2 Å². The SMILES string of the molecule is CCCCCC[C@H]1CC[C@H](C2CCC(/C=C/CCF)CC2)CC1. The van der Waals surface area contributed by atoms with Gasteiger partial charge in [-0.3, -0.25) is 4.39 Å². The number of rotatable bonds is 9. The van der Waals surface area contributed by atoms with Crippen LogP contribution in [0.4, 0.5) is 4.39 Å². The molecule has 0 spiro atoms. The van der Waals surface area contributed by atoms with E-state index in [1.807, 2.05) is 0 Å². The summed E-state index contributed by atoms with van der Waals surface area (Å²) in [5.74, 6) is 3.82. The molecule has 0 bridgehead atoms. The summed E-state index contributed by atoms with van der Waals surface area (Å²) in [6.45, 7) is 2.10. The zero-order chi connectivity index (χ0) is 16.3. The van der Waals surface area contributed by atoms with E-state index in [-0.39, 0.29) is 6.67 Å². The van der Waals surface area contributed by atoms with Gasteiger partial charge in [-0.25, -0.2) is 0 Å². The molecule has 134 valence electrons. The maximum Gasteiger partial charge on any atom is 0.0928 e. The Morgan fingerprint density at radius 2 is 1.48 bits per heavy atom. The van der Waals surface area contributed by atoms with Crippen molar-refractivity contribution in [2.24, 2.45) is 23.7 Å². The fourth-order valence-corrected chi connectivity index (χ4v) is 4.97. The molecule has 0 aliphatic heterocycles. The van der Waals surface area contributed by atoms with Crippen LogP contribution in [0, 0.1) is 23.7 Å². The summed E-state index contributed by atoms with van der Waals surface area (Å²) in [5.41, 5.74) is 0. The number of allylic oxidation sites excluding steroid dienone is 2. The lowest BCUT2D eigenvalue weighted by Gasteiger charge is -2.37. The van der Waals surface area contributed by atoms with Crippen molar-refractivity contribution in [1.29, 1.82) is 0 Å². The third-order valence-electron chi connectivity index (χ3n) is 6.52. The lowest BCUT2D eigenvalue weighted by atomic mass is 9.68. The van der Waals surface area contributed by atoms with Gasteiger partial charge in [0.15, 0.2) is 0 Å². The topological polar surface area (TPSA) is 0 Å². The summed E-state index contributed by atoms with van der Waals surface area (Å²) in [5, 5.41) is 0. The highest BCUT2D eigenvalue weighted by Gasteiger charge is 2.30. The maximum atomic E-state index is 12.1. The molecule has 1 heteroatoms. The van der Waals surface area contributed by atoms with Crippen LogP contribution in [0.5, 0.6) is 0 Å². The summed E-state index contributed by atoms with van der Waals surface area (Å²) >= 11 is 0. The fourth-order valence-electron chi connectivity index (χ4n) is 4.97. The molecule has 0 nitrogen and oxygen atoms in total. The third kappa shape index (κ3) is 6.98. The number of unbranched alkanes of at least 4 members (excludes halogenated alkanes) is 3. The Kier molecular flexibility index (Phi) is 9.31. The molecule has 23 heavy (non-hydrogen) atoms. The second-order valence-electron chi connectivity index (χ2n) is 8.21. The predicted octanol–water partition coefficient (Wildman–Crippen LogP) is 7.49. The van der Waals surface area contributed by atoms with Gasteiger partial charge in [-0.05, 0) is 68.6 Å². The van der Waals surface area contributed by atoms with Gasteiger partial charge in [0.25, 0.3) is 0 Å². The first-order valence-corrected chi connectivity index (χ1v) is 10.6. The predicted molar refractivity (Wildman–Crippen MR) is 99.4 cm³/mol. The molecule has 2 saturated carbocycles. The highest BCUT2D eigenvalue weighted by molar-refractivity contribution is 4.92. The first-order valence-electron chi connectivity index (χ1n) is 10.6. The number of alkyl halides is 1. The maximum absolute atomic E-state index is 12.1. The highest BCUT2D eigenvalue weighted by atomic mass is 19.1. The molecular formula is C22H39F. The van der Waals surface area contributed by atoms with Gasteiger partial charge in [0, 0.05) is 0 Å². The van der Waals surface area contributed by atoms with Crippen LogP contribution in [0.2, 0.25) is 0 Å². The molecule has 0 aromatic carbocycles. The molecule has 0 atom stereocenters.